The molecule has 0 aromatic heterocycles. The third-order valence-electron chi connectivity index (χ3n) is 10.6. The Balaban J connectivity index is 1.26. The molecule has 0 aliphatic rings. The van der Waals surface area contributed by atoms with Gasteiger partial charge in [-0.15, -0.1) is 0 Å². The predicted octanol–water partition coefficient (Wildman–Crippen LogP) is 14.0. The van der Waals surface area contributed by atoms with Gasteiger partial charge in [0.05, 0.1) is 0 Å². The maximum Gasteiger partial charge on any atom is 0.0467 e. The Morgan fingerprint density at radius 3 is 1.66 bits per heavy atom. The number of hydrogen-bond donors (Lipinski definition) is 1. The third-order valence-corrected chi connectivity index (χ3v) is 10.6. The second-order valence-corrected chi connectivity index (χ2v) is 13.9. The summed E-state index contributed by atoms with van der Waals surface area (Å²) in [6.45, 7) is 4.19. The highest BCUT2D eigenvalue weighted by atomic mass is 14.6. The smallest absolute Gasteiger partial charge is 0.0467 e. The topological polar surface area (TPSA) is 26.0 Å². The molecule has 0 atom stereocenters. The zero-order chi connectivity index (χ0) is 35.9. The molecular weight excluding hydrogens is 639 g/mol. The molecule has 0 aliphatic carbocycles. The van der Waals surface area contributed by atoms with Crippen LogP contribution in [0.25, 0.3) is 87.7 Å². The average Bonchev–Trinajstić information content (AvgIpc) is 3.21. The van der Waals surface area contributed by atoms with Gasteiger partial charge in [-0.1, -0.05) is 182 Å². The van der Waals surface area contributed by atoms with Gasteiger partial charge in [-0.3, -0.25) is 0 Å². The van der Waals surface area contributed by atoms with Crippen LogP contribution in [0.4, 0.5) is 0 Å². The van der Waals surface area contributed by atoms with Crippen molar-refractivity contribution in [2.45, 2.75) is 13.8 Å². The molecule has 0 unspecified atom stereocenters. The van der Waals surface area contributed by atoms with Crippen molar-refractivity contribution in [3.05, 3.63) is 205 Å². The summed E-state index contributed by atoms with van der Waals surface area (Å²) in [6.07, 6.45) is 4.21. The fourth-order valence-electron chi connectivity index (χ4n) is 8.09. The lowest BCUT2D eigenvalue weighted by atomic mass is 9.83. The maximum absolute atomic E-state index is 7.03. The standard InChI is InChI=1S/C52H39N/c1-3-13-42(52(53)40-29-28-35-14-4-5-15-37(35)32-40)38-16-12-17-39(33-38)50-45-20-8-10-22-47(45)51(48-23-11-9-21-46(48)50)49-31-30-41(36-26-24-34(2)25-27-36)43-18-6-7-19-44(43)49/h3-33H,53H2,1-2H3/b13-3-,52-42+. The average molecular weight is 678 g/mol. The van der Waals surface area contributed by atoms with Crippen molar-refractivity contribution in [1.82, 2.24) is 0 Å². The second kappa shape index (κ2) is 13.5. The van der Waals surface area contributed by atoms with Crippen molar-refractivity contribution in [2.24, 2.45) is 5.73 Å². The van der Waals surface area contributed by atoms with Crippen LogP contribution in [0.5, 0.6) is 0 Å². The van der Waals surface area contributed by atoms with E-state index < -0.39 is 0 Å². The van der Waals surface area contributed by atoms with Gasteiger partial charge in [-0.05, 0) is 114 Å². The van der Waals surface area contributed by atoms with E-state index in [2.05, 4.69) is 195 Å². The normalized spacial score (nSPS) is 12.3. The van der Waals surface area contributed by atoms with Crippen LogP contribution in [0.1, 0.15) is 23.6 Å². The molecule has 9 rings (SSSR count). The van der Waals surface area contributed by atoms with Crippen LogP contribution in [-0.2, 0) is 0 Å². The molecule has 1 nitrogen and oxygen atoms in total. The minimum Gasteiger partial charge on any atom is -0.398 e. The molecule has 0 saturated heterocycles. The summed E-state index contributed by atoms with van der Waals surface area (Å²) in [5.74, 6) is 0. The Hall–Kier alpha value is -6.70. The predicted molar refractivity (Wildman–Crippen MR) is 230 cm³/mol. The molecule has 1 heteroatoms. The highest BCUT2D eigenvalue weighted by molar-refractivity contribution is 6.24. The van der Waals surface area contributed by atoms with Gasteiger partial charge >= 0.3 is 0 Å². The summed E-state index contributed by atoms with van der Waals surface area (Å²) in [7, 11) is 0. The zero-order valence-corrected chi connectivity index (χ0v) is 30.0. The summed E-state index contributed by atoms with van der Waals surface area (Å²) < 4.78 is 0. The number of nitrogens with two attached hydrogens (primary N) is 1. The van der Waals surface area contributed by atoms with Crippen LogP contribution in [-0.4, -0.2) is 0 Å². The largest absolute Gasteiger partial charge is 0.398 e. The van der Waals surface area contributed by atoms with Crippen molar-refractivity contribution < 1.29 is 0 Å². The Morgan fingerprint density at radius 1 is 0.434 bits per heavy atom. The van der Waals surface area contributed by atoms with Gasteiger partial charge in [0.15, 0.2) is 0 Å². The molecule has 9 aromatic carbocycles. The van der Waals surface area contributed by atoms with Crippen LogP contribution < -0.4 is 5.73 Å². The van der Waals surface area contributed by atoms with E-state index in [1.807, 2.05) is 6.92 Å². The fraction of sp³-hybridized carbons (Fsp3) is 0.0385. The molecule has 0 aliphatic heterocycles. The number of fused-ring (bicyclic) bond motifs is 4. The first kappa shape index (κ1) is 32.2. The Kier molecular flexibility index (Phi) is 8.18. The molecule has 0 saturated carbocycles. The van der Waals surface area contributed by atoms with Gasteiger partial charge < -0.3 is 5.73 Å². The number of benzene rings is 9. The van der Waals surface area contributed by atoms with Crippen molar-refractivity contribution in [1.29, 1.82) is 0 Å². The molecule has 0 amide bonds. The van der Waals surface area contributed by atoms with E-state index in [-0.39, 0.29) is 0 Å². The van der Waals surface area contributed by atoms with Crippen molar-refractivity contribution in [2.75, 3.05) is 0 Å². The summed E-state index contributed by atoms with van der Waals surface area (Å²) in [5, 5.41) is 9.81. The van der Waals surface area contributed by atoms with Crippen LogP contribution in [0.3, 0.4) is 0 Å². The van der Waals surface area contributed by atoms with Crippen LogP contribution in [0, 0.1) is 6.92 Å². The SMILES string of the molecule is C/C=C\C(=C(/N)c1ccc2ccccc2c1)c1cccc(-c2c3ccccc3c(-c3ccc(-c4ccc(C)cc4)c4ccccc34)c3ccccc23)c1. The first-order chi connectivity index (χ1) is 26.1. The highest BCUT2D eigenvalue weighted by Gasteiger charge is 2.19. The Labute approximate surface area is 311 Å². The van der Waals surface area contributed by atoms with Crippen molar-refractivity contribution >= 4 is 54.4 Å². The molecule has 252 valence electrons. The van der Waals surface area contributed by atoms with E-state index >= 15 is 0 Å². The van der Waals surface area contributed by atoms with Crippen molar-refractivity contribution in [3.63, 3.8) is 0 Å². The van der Waals surface area contributed by atoms with E-state index in [9.17, 15) is 0 Å². The van der Waals surface area contributed by atoms with E-state index in [0.717, 1.165) is 28.0 Å². The third kappa shape index (κ3) is 5.68. The summed E-state index contributed by atoms with van der Waals surface area (Å²) >= 11 is 0. The van der Waals surface area contributed by atoms with E-state index in [0.29, 0.717) is 0 Å². The Morgan fingerprint density at radius 2 is 1.00 bits per heavy atom. The minimum atomic E-state index is 0.761. The second-order valence-electron chi connectivity index (χ2n) is 13.9. The number of hydrogen-bond acceptors (Lipinski definition) is 1. The van der Waals surface area contributed by atoms with Gasteiger partial charge in [0.25, 0.3) is 0 Å². The highest BCUT2D eigenvalue weighted by Crippen LogP contribution is 2.46. The van der Waals surface area contributed by atoms with Crippen molar-refractivity contribution in [3.8, 4) is 33.4 Å². The molecular formula is C52H39N. The van der Waals surface area contributed by atoms with E-state index in [1.54, 1.807) is 0 Å². The van der Waals surface area contributed by atoms with Gasteiger partial charge in [-0.25, -0.2) is 0 Å². The maximum atomic E-state index is 7.03. The van der Waals surface area contributed by atoms with Gasteiger partial charge in [0, 0.05) is 11.3 Å². The lowest BCUT2D eigenvalue weighted by Crippen LogP contribution is -2.01. The molecule has 53 heavy (non-hydrogen) atoms. The molecule has 0 heterocycles. The summed E-state index contributed by atoms with van der Waals surface area (Å²) in [5.41, 5.74) is 19.5. The summed E-state index contributed by atoms with van der Waals surface area (Å²) in [4.78, 5) is 0. The molecule has 0 fully saturated rings. The van der Waals surface area contributed by atoms with Gasteiger partial charge in [0.1, 0.15) is 0 Å². The first-order valence-corrected chi connectivity index (χ1v) is 18.3. The zero-order valence-electron chi connectivity index (χ0n) is 30.0. The van der Waals surface area contributed by atoms with Crippen LogP contribution in [0.15, 0.2) is 188 Å². The summed E-state index contributed by atoms with van der Waals surface area (Å²) in [6, 6.07) is 63.9. The minimum absolute atomic E-state index is 0.761. The van der Waals surface area contributed by atoms with Crippen LogP contribution in [0.2, 0.25) is 0 Å². The fourth-order valence-corrected chi connectivity index (χ4v) is 8.09. The van der Waals surface area contributed by atoms with Gasteiger partial charge in [-0.2, -0.15) is 0 Å². The first-order valence-electron chi connectivity index (χ1n) is 18.3. The van der Waals surface area contributed by atoms with Crippen LogP contribution >= 0.6 is 0 Å². The Bertz CT molecular complexity index is 2850. The molecule has 9 aromatic rings. The molecule has 0 radical (unpaired) electrons. The lowest BCUT2D eigenvalue weighted by Gasteiger charge is -2.20. The molecule has 2 N–H and O–H groups in total. The van der Waals surface area contributed by atoms with E-state index in [1.165, 1.54) is 76.5 Å². The quantitative estimate of drug-likeness (QED) is 0.106. The lowest BCUT2D eigenvalue weighted by molar-refractivity contribution is 1.47. The molecule has 0 spiro atoms. The monoisotopic (exact) mass is 677 g/mol. The van der Waals surface area contributed by atoms with E-state index in [4.69, 9.17) is 5.73 Å². The number of rotatable bonds is 6. The molecule has 0 bridgehead atoms. The number of aryl methyl sites for hydroxylation is 1. The number of allylic oxidation sites excluding steroid dienone is 3. The van der Waals surface area contributed by atoms with Gasteiger partial charge in [0.2, 0.25) is 0 Å².